The molecular weight excluding hydrogens is 423 g/mol. The highest BCUT2D eigenvalue weighted by Gasteiger charge is 2.39. The van der Waals surface area contributed by atoms with Gasteiger partial charge in [0.2, 0.25) is 0 Å². The van der Waals surface area contributed by atoms with Crippen molar-refractivity contribution in [2.45, 2.75) is 19.6 Å². The van der Waals surface area contributed by atoms with E-state index in [1.54, 1.807) is 0 Å². The molecule has 156 valence electrons. The molecule has 1 fully saturated rings. The number of hydrogen-bond acceptors (Lipinski definition) is 8. The first-order valence-corrected chi connectivity index (χ1v) is 8.78. The lowest BCUT2D eigenvalue weighted by Gasteiger charge is -2.29. The molecule has 0 saturated carbocycles. The zero-order valence-corrected chi connectivity index (χ0v) is 16.4. The minimum Gasteiger partial charge on any atom is -0.457 e. The third-order valence-electron chi connectivity index (χ3n) is 3.73. The summed E-state index contributed by atoms with van der Waals surface area (Å²) in [6.07, 6.45) is 1.01. The third kappa shape index (κ3) is 4.84. The summed E-state index contributed by atoms with van der Waals surface area (Å²) in [5.74, 6) is -3.69. The van der Waals surface area contributed by atoms with E-state index in [4.69, 9.17) is 25.8 Å². The van der Waals surface area contributed by atoms with Crippen molar-refractivity contribution in [2.24, 2.45) is 0 Å². The zero-order valence-electron chi connectivity index (χ0n) is 15.6. The van der Waals surface area contributed by atoms with Gasteiger partial charge >= 0.3 is 11.9 Å². The van der Waals surface area contributed by atoms with Gasteiger partial charge in [0.05, 0.1) is 16.0 Å². The van der Waals surface area contributed by atoms with Crippen molar-refractivity contribution in [3.05, 3.63) is 69.1 Å². The molecule has 30 heavy (non-hydrogen) atoms. The van der Waals surface area contributed by atoms with Gasteiger partial charge in [0.15, 0.2) is 5.57 Å². The van der Waals surface area contributed by atoms with Gasteiger partial charge < -0.3 is 19.5 Å². The van der Waals surface area contributed by atoms with Crippen LogP contribution in [0.2, 0.25) is 5.02 Å². The Morgan fingerprint density at radius 3 is 2.40 bits per heavy atom. The smallest absolute Gasteiger partial charge is 0.350 e. The second kappa shape index (κ2) is 7.99. The largest absolute Gasteiger partial charge is 0.457 e. The third-order valence-corrected chi connectivity index (χ3v) is 4.02. The number of halogens is 2. The molecule has 0 aromatic heterocycles. The van der Waals surface area contributed by atoms with Crippen LogP contribution in [0.3, 0.4) is 0 Å². The number of rotatable bonds is 5. The SMILES string of the molecule is CC1(C)OC(=O)C(=CNc2cc(Oc3ccc(F)c(Cl)c3)cc([N+](=O)[O-])c2)C(=O)O1. The summed E-state index contributed by atoms with van der Waals surface area (Å²) in [5, 5.41) is 13.7. The molecule has 0 radical (unpaired) electrons. The maximum Gasteiger partial charge on any atom is 0.350 e. The molecule has 0 spiro atoms. The number of benzene rings is 2. The van der Waals surface area contributed by atoms with Crippen molar-refractivity contribution in [1.82, 2.24) is 0 Å². The van der Waals surface area contributed by atoms with E-state index in [2.05, 4.69) is 5.32 Å². The Balaban J connectivity index is 1.87. The molecule has 2 aromatic carbocycles. The lowest BCUT2D eigenvalue weighted by Crippen LogP contribution is -2.42. The predicted octanol–water partition coefficient (Wildman–Crippen LogP) is 4.31. The highest BCUT2D eigenvalue weighted by molar-refractivity contribution is 6.30. The summed E-state index contributed by atoms with van der Waals surface area (Å²) >= 11 is 5.71. The predicted molar refractivity (Wildman–Crippen MR) is 103 cm³/mol. The standard InChI is InChI=1S/C19H14ClFN2O7/c1-19(2)29-17(24)14(18(25)30-19)9-22-10-5-11(23(26)27)7-13(6-10)28-12-3-4-16(21)15(20)8-12/h3-9,22H,1-2H3. The number of hydrogen-bond donors (Lipinski definition) is 1. The lowest BCUT2D eigenvalue weighted by atomic mass is 10.2. The Hall–Kier alpha value is -3.66. The molecular formula is C19H14ClFN2O7. The first-order chi connectivity index (χ1) is 14.0. The Bertz CT molecular complexity index is 1060. The molecule has 9 nitrogen and oxygen atoms in total. The summed E-state index contributed by atoms with van der Waals surface area (Å²) in [4.78, 5) is 34.5. The van der Waals surface area contributed by atoms with Gasteiger partial charge in [0.1, 0.15) is 17.3 Å². The minimum absolute atomic E-state index is 0.0303. The van der Waals surface area contributed by atoms with Crippen LogP contribution in [-0.4, -0.2) is 22.6 Å². The fourth-order valence-electron chi connectivity index (χ4n) is 2.44. The first kappa shape index (κ1) is 21.1. The van der Waals surface area contributed by atoms with E-state index < -0.39 is 34.0 Å². The number of anilines is 1. The minimum atomic E-state index is -1.39. The number of carbonyl (C=O) groups excluding carboxylic acids is 2. The van der Waals surface area contributed by atoms with Gasteiger partial charge in [0, 0.05) is 43.9 Å². The number of carbonyl (C=O) groups is 2. The number of cyclic esters (lactones) is 2. The summed E-state index contributed by atoms with van der Waals surface area (Å²) in [5.41, 5.74) is -0.629. The average molecular weight is 437 g/mol. The summed E-state index contributed by atoms with van der Waals surface area (Å²) < 4.78 is 28.7. The van der Waals surface area contributed by atoms with E-state index in [1.165, 1.54) is 32.0 Å². The Morgan fingerprint density at radius 2 is 1.80 bits per heavy atom. The van der Waals surface area contributed by atoms with Gasteiger partial charge in [0.25, 0.3) is 11.5 Å². The van der Waals surface area contributed by atoms with Crippen molar-refractivity contribution in [1.29, 1.82) is 0 Å². The van der Waals surface area contributed by atoms with Gasteiger partial charge in [-0.25, -0.2) is 14.0 Å². The summed E-state index contributed by atoms with van der Waals surface area (Å²) in [6, 6.07) is 7.25. The van der Waals surface area contributed by atoms with Crippen molar-refractivity contribution in [3.63, 3.8) is 0 Å². The van der Waals surface area contributed by atoms with Gasteiger partial charge in [-0.1, -0.05) is 11.6 Å². The molecule has 1 aliphatic heterocycles. The zero-order chi connectivity index (χ0) is 22.1. The van der Waals surface area contributed by atoms with Crippen LogP contribution in [0.1, 0.15) is 13.8 Å². The molecule has 0 atom stereocenters. The molecule has 0 aliphatic carbocycles. The molecule has 0 unspecified atom stereocenters. The van der Waals surface area contributed by atoms with Crippen LogP contribution in [-0.2, 0) is 19.1 Å². The first-order valence-electron chi connectivity index (χ1n) is 8.40. The molecule has 1 saturated heterocycles. The molecule has 1 heterocycles. The van der Waals surface area contributed by atoms with Crippen molar-refractivity contribution >= 4 is 34.9 Å². The fraction of sp³-hybridized carbons (Fsp3) is 0.158. The van der Waals surface area contributed by atoms with Crippen LogP contribution in [0, 0.1) is 15.9 Å². The molecule has 11 heteroatoms. The van der Waals surface area contributed by atoms with E-state index in [1.807, 2.05) is 0 Å². The molecule has 3 rings (SSSR count). The molecule has 0 amide bonds. The monoisotopic (exact) mass is 436 g/mol. The second-order valence-electron chi connectivity index (χ2n) is 6.53. The average Bonchev–Trinajstić information content (AvgIpc) is 2.63. The van der Waals surface area contributed by atoms with Crippen LogP contribution >= 0.6 is 11.6 Å². The molecule has 1 N–H and O–H groups in total. The van der Waals surface area contributed by atoms with Gasteiger partial charge in [-0.3, -0.25) is 10.1 Å². The maximum absolute atomic E-state index is 13.3. The topological polar surface area (TPSA) is 117 Å². The quantitative estimate of drug-likeness (QED) is 0.242. The van der Waals surface area contributed by atoms with E-state index in [0.717, 1.165) is 24.4 Å². The Kier molecular flexibility index (Phi) is 5.61. The molecule has 1 aliphatic rings. The number of non-ortho nitro benzene ring substituents is 1. The van der Waals surface area contributed by atoms with E-state index in [9.17, 15) is 24.1 Å². The lowest BCUT2D eigenvalue weighted by molar-refractivity contribution is -0.384. The fourth-order valence-corrected chi connectivity index (χ4v) is 2.61. The van der Waals surface area contributed by atoms with Gasteiger partial charge in [-0.15, -0.1) is 0 Å². The Labute approximate surface area is 174 Å². The van der Waals surface area contributed by atoms with Gasteiger partial charge in [-0.2, -0.15) is 0 Å². The summed E-state index contributed by atoms with van der Waals surface area (Å²) in [6.45, 7) is 2.80. The van der Waals surface area contributed by atoms with E-state index >= 15 is 0 Å². The van der Waals surface area contributed by atoms with Crippen LogP contribution in [0.5, 0.6) is 11.5 Å². The van der Waals surface area contributed by atoms with Crippen molar-refractivity contribution < 1.29 is 33.1 Å². The van der Waals surface area contributed by atoms with Crippen LogP contribution < -0.4 is 10.1 Å². The molecule has 2 aromatic rings. The number of esters is 2. The van der Waals surface area contributed by atoms with Crippen molar-refractivity contribution in [3.8, 4) is 11.5 Å². The number of nitrogens with zero attached hydrogens (tertiary/aromatic N) is 1. The molecule has 0 bridgehead atoms. The van der Waals surface area contributed by atoms with E-state index in [-0.39, 0.29) is 27.9 Å². The van der Waals surface area contributed by atoms with Crippen molar-refractivity contribution in [2.75, 3.05) is 5.32 Å². The maximum atomic E-state index is 13.3. The summed E-state index contributed by atoms with van der Waals surface area (Å²) in [7, 11) is 0. The van der Waals surface area contributed by atoms with E-state index in [0.29, 0.717) is 0 Å². The van der Waals surface area contributed by atoms with Crippen LogP contribution in [0.4, 0.5) is 15.8 Å². The number of nitrogens with one attached hydrogen (secondary N) is 1. The van der Waals surface area contributed by atoms with Gasteiger partial charge in [-0.05, 0) is 12.1 Å². The number of nitro groups is 1. The Morgan fingerprint density at radius 1 is 1.13 bits per heavy atom. The highest BCUT2D eigenvalue weighted by Crippen LogP contribution is 2.32. The van der Waals surface area contributed by atoms with Crippen LogP contribution in [0.25, 0.3) is 0 Å². The number of nitro benzene ring substituents is 1. The second-order valence-corrected chi connectivity index (χ2v) is 6.94. The van der Waals surface area contributed by atoms with Crippen LogP contribution in [0.15, 0.2) is 48.2 Å². The normalized spacial score (nSPS) is 15.1. The highest BCUT2D eigenvalue weighted by atomic mass is 35.5. The number of ether oxygens (including phenoxy) is 3.